The number of carbonyl (C=O) groups excluding carboxylic acids is 1. The van der Waals surface area contributed by atoms with E-state index in [2.05, 4.69) is 33.2 Å². The van der Waals surface area contributed by atoms with Crippen LogP contribution in [0.2, 0.25) is 0 Å². The van der Waals surface area contributed by atoms with E-state index >= 15 is 0 Å². The minimum atomic E-state index is -0.0152. The highest BCUT2D eigenvalue weighted by Gasteiger charge is 2.12. The highest BCUT2D eigenvalue weighted by molar-refractivity contribution is 9.09. The molecule has 0 bridgehead atoms. The van der Waals surface area contributed by atoms with Gasteiger partial charge in [0.15, 0.2) is 0 Å². The summed E-state index contributed by atoms with van der Waals surface area (Å²) in [5.41, 5.74) is 1.60. The van der Waals surface area contributed by atoms with Crippen LogP contribution in [0.25, 0.3) is 10.9 Å². The minimum absolute atomic E-state index is 0.0152. The smallest absolute Gasteiger partial charge is 0.251 e. The quantitative estimate of drug-likeness (QED) is 0.856. The Bertz CT molecular complexity index is 571. The Labute approximate surface area is 121 Å². The Morgan fingerprint density at radius 3 is 3.00 bits per heavy atom. The molecule has 1 aromatic carbocycles. The average molecular weight is 321 g/mol. The number of aromatic nitrogens is 1. The molecule has 0 spiro atoms. The van der Waals surface area contributed by atoms with Crippen LogP contribution in [0.4, 0.5) is 0 Å². The second-order valence-corrected chi connectivity index (χ2v) is 5.26. The van der Waals surface area contributed by atoms with Crippen molar-refractivity contribution in [1.29, 1.82) is 0 Å². The predicted octanol–water partition coefficient (Wildman–Crippen LogP) is 3.53. The third kappa shape index (κ3) is 3.53. The molecule has 3 nitrogen and oxygen atoms in total. The summed E-state index contributed by atoms with van der Waals surface area (Å²) in [5, 5.41) is 4.95. The van der Waals surface area contributed by atoms with Crippen molar-refractivity contribution in [2.45, 2.75) is 25.8 Å². The van der Waals surface area contributed by atoms with E-state index < -0.39 is 0 Å². The van der Waals surface area contributed by atoms with Gasteiger partial charge < -0.3 is 5.32 Å². The maximum Gasteiger partial charge on any atom is 0.251 e. The number of halogens is 1. The van der Waals surface area contributed by atoms with Gasteiger partial charge in [0.1, 0.15) is 0 Å². The summed E-state index contributed by atoms with van der Waals surface area (Å²) in [4.78, 5) is 16.4. The van der Waals surface area contributed by atoms with E-state index in [-0.39, 0.29) is 11.9 Å². The molecule has 4 heteroatoms. The molecule has 2 aromatic rings. The molecule has 0 aliphatic heterocycles. The van der Waals surface area contributed by atoms with E-state index in [1.807, 2.05) is 30.3 Å². The molecule has 0 aliphatic rings. The summed E-state index contributed by atoms with van der Waals surface area (Å²) in [6, 6.07) is 9.66. The Morgan fingerprint density at radius 1 is 1.42 bits per heavy atom. The van der Waals surface area contributed by atoms with Crippen molar-refractivity contribution in [3.05, 3.63) is 42.1 Å². The molecule has 1 heterocycles. The molecular formula is C15H17BrN2O. The Kier molecular flexibility index (Phi) is 4.91. The monoisotopic (exact) mass is 320 g/mol. The van der Waals surface area contributed by atoms with Crippen molar-refractivity contribution in [2.24, 2.45) is 0 Å². The molecular weight excluding hydrogens is 304 g/mol. The van der Waals surface area contributed by atoms with Gasteiger partial charge in [0.05, 0.1) is 5.52 Å². The van der Waals surface area contributed by atoms with E-state index in [9.17, 15) is 4.79 Å². The van der Waals surface area contributed by atoms with Crippen LogP contribution in [0.3, 0.4) is 0 Å². The maximum absolute atomic E-state index is 12.2. The first-order chi connectivity index (χ1) is 9.24. The molecule has 2 rings (SSSR count). The molecule has 100 valence electrons. The fourth-order valence-electron chi connectivity index (χ4n) is 2.00. The molecule has 1 unspecified atom stereocenters. The van der Waals surface area contributed by atoms with Gasteiger partial charge in [-0.2, -0.15) is 0 Å². The fraction of sp³-hybridized carbons (Fsp3) is 0.333. The average Bonchev–Trinajstić information content (AvgIpc) is 2.46. The SMILES string of the molecule is CCC(CCBr)NC(=O)c1ccc2ncccc2c1. The van der Waals surface area contributed by atoms with E-state index in [1.54, 1.807) is 6.20 Å². The molecule has 1 N–H and O–H groups in total. The Hall–Kier alpha value is -1.42. The highest BCUT2D eigenvalue weighted by atomic mass is 79.9. The summed E-state index contributed by atoms with van der Waals surface area (Å²) in [6.45, 7) is 2.08. The zero-order valence-electron chi connectivity index (χ0n) is 10.9. The van der Waals surface area contributed by atoms with E-state index in [1.165, 1.54) is 0 Å². The van der Waals surface area contributed by atoms with E-state index in [0.717, 1.165) is 29.1 Å². The number of benzene rings is 1. The van der Waals surface area contributed by atoms with Gasteiger partial charge in [-0.15, -0.1) is 0 Å². The van der Waals surface area contributed by atoms with Crippen LogP contribution in [0.5, 0.6) is 0 Å². The van der Waals surface area contributed by atoms with Crippen LogP contribution in [0.15, 0.2) is 36.5 Å². The van der Waals surface area contributed by atoms with Gasteiger partial charge in [-0.3, -0.25) is 9.78 Å². The van der Waals surface area contributed by atoms with Gasteiger partial charge in [-0.25, -0.2) is 0 Å². The number of nitrogens with zero attached hydrogens (tertiary/aromatic N) is 1. The number of pyridine rings is 1. The molecule has 19 heavy (non-hydrogen) atoms. The predicted molar refractivity (Wildman–Crippen MR) is 81.7 cm³/mol. The number of alkyl halides is 1. The number of hydrogen-bond acceptors (Lipinski definition) is 2. The van der Waals surface area contributed by atoms with E-state index in [4.69, 9.17) is 0 Å². The lowest BCUT2D eigenvalue weighted by Gasteiger charge is -2.15. The topological polar surface area (TPSA) is 42.0 Å². The standard InChI is InChI=1S/C15H17BrN2O/c1-2-13(7-8-16)18-15(19)12-5-6-14-11(10-12)4-3-9-17-14/h3-6,9-10,13H,2,7-8H2,1H3,(H,18,19). The first-order valence-electron chi connectivity index (χ1n) is 6.46. The minimum Gasteiger partial charge on any atom is -0.349 e. The van der Waals surface area contributed by atoms with Gasteiger partial charge in [-0.05, 0) is 37.1 Å². The number of carbonyl (C=O) groups is 1. The summed E-state index contributed by atoms with van der Waals surface area (Å²) in [6.07, 6.45) is 3.63. The fourth-order valence-corrected chi connectivity index (χ4v) is 2.55. The summed E-state index contributed by atoms with van der Waals surface area (Å²) in [7, 11) is 0. The van der Waals surface area contributed by atoms with Crippen molar-refractivity contribution in [3.63, 3.8) is 0 Å². The lowest BCUT2D eigenvalue weighted by molar-refractivity contribution is 0.0935. The van der Waals surface area contributed by atoms with Crippen LogP contribution >= 0.6 is 15.9 Å². The first kappa shape index (κ1) is 14.0. The van der Waals surface area contributed by atoms with Crippen LogP contribution in [0.1, 0.15) is 30.1 Å². The van der Waals surface area contributed by atoms with Crippen molar-refractivity contribution in [1.82, 2.24) is 10.3 Å². The molecule has 0 aliphatic carbocycles. The largest absolute Gasteiger partial charge is 0.349 e. The van der Waals surface area contributed by atoms with Crippen LogP contribution in [-0.4, -0.2) is 22.3 Å². The maximum atomic E-state index is 12.2. The molecule has 1 amide bonds. The summed E-state index contributed by atoms with van der Waals surface area (Å²) >= 11 is 3.41. The zero-order valence-corrected chi connectivity index (χ0v) is 12.5. The molecule has 1 aromatic heterocycles. The number of hydrogen-bond donors (Lipinski definition) is 1. The second kappa shape index (κ2) is 6.66. The third-order valence-corrected chi connectivity index (χ3v) is 3.61. The first-order valence-corrected chi connectivity index (χ1v) is 7.58. The third-order valence-electron chi connectivity index (χ3n) is 3.15. The molecule has 0 radical (unpaired) electrons. The van der Waals surface area contributed by atoms with Crippen molar-refractivity contribution < 1.29 is 4.79 Å². The van der Waals surface area contributed by atoms with Gasteiger partial charge in [-0.1, -0.05) is 28.9 Å². The lowest BCUT2D eigenvalue weighted by atomic mass is 10.1. The Morgan fingerprint density at radius 2 is 2.26 bits per heavy atom. The van der Waals surface area contributed by atoms with Gasteiger partial charge >= 0.3 is 0 Å². The zero-order chi connectivity index (χ0) is 13.7. The lowest BCUT2D eigenvalue weighted by Crippen LogP contribution is -2.34. The van der Waals surface area contributed by atoms with Gasteiger partial charge in [0, 0.05) is 28.5 Å². The molecule has 1 atom stereocenters. The van der Waals surface area contributed by atoms with Crippen molar-refractivity contribution in [3.8, 4) is 0 Å². The number of fused-ring (bicyclic) bond motifs is 1. The van der Waals surface area contributed by atoms with Crippen LogP contribution in [-0.2, 0) is 0 Å². The summed E-state index contributed by atoms with van der Waals surface area (Å²) in [5.74, 6) is -0.0152. The highest BCUT2D eigenvalue weighted by Crippen LogP contribution is 2.13. The number of rotatable bonds is 5. The van der Waals surface area contributed by atoms with Crippen LogP contribution in [0, 0.1) is 0 Å². The van der Waals surface area contributed by atoms with Crippen molar-refractivity contribution in [2.75, 3.05) is 5.33 Å². The van der Waals surface area contributed by atoms with E-state index in [0.29, 0.717) is 5.56 Å². The number of nitrogens with one attached hydrogen (secondary N) is 1. The molecule has 0 saturated heterocycles. The van der Waals surface area contributed by atoms with Gasteiger partial charge in [0.25, 0.3) is 5.91 Å². The normalized spacial score (nSPS) is 12.3. The molecule has 0 fully saturated rings. The van der Waals surface area contributed by atoms with Crippen LogP contribution < -0.4 is 5.32 Å². The summed E-state index contributed by atoms with van der Waals surface area (Å²) < 4.78 is 0. The van der Waals surface area contributed by atoms with Crippen molar-refractivity contribution >= 4 is 32.7 Å². The van der Waals surface area contributed by atoms with Gasteiger partial charge in [0.2, 0.25) is 0 Å². The Balaban J connectivity index is 2.16. The number of amides is 1. The second-order valence-electron chi connectivity index (χ2n) is 4.47. The molecule has 0 saturated carbocycles.